The topological polar surface area (TPSA) is 12.0 Å². The van der Waals surface area contributed by atoms with Crippen molar-refractivity contribution < 1.29 is 0 Å². The van der Waals surface area contributed by atoms with Gasteiger partial charge in [0.05, 0.1) is 0 Å². The summed E-state index contributed by atoms with van der Waals surface area (Å²) in [5, 5.41) is 0. The van der Waals surface area contributed by atoms with Crippen molar-refractivity contribution in [1.82, 2.24) is 4.72 Å². The summed E-state index contributed by atoms with van der Waals surface area (Å²) in [6, 6.07) is 0. The molecule has 0 rings (SSSR count). The zero-order valence-electron chi connectivity index (χ0n) is 4.73. The van der Waals surface area contributed by atoms with Gasteiger partial charge in [-0.15, -0.1) is 12.4 Å². The van der Waals surface area contributed by atoms with Gasteiger partial charge in [0.15, 0.2) is 0 Å². The van der Waals surface area contributed by atoms with Crippen LogP contribution in [0.15, 0.2) is 0 Å². The van der Waals surface area contributed by atoms with E-state index in [-0.39, 0.29) is 12.4 Å². The SMILES string of the molecule is CCNSCC.Cl. The van der Waals surface area contributed by atoms with Crippen LogP contribution < -0.4 is 4.72 Å². The number of halogens is 1. The van der Waals surface area contributed by atoms with Crippen LogP contribution in [0.5, 0.6) is 0 Å². The lowest BCUT2D eigenvalue weighted by Crippen LogP contribution is -1.99. The normalized spacial score (nSPS) is 7.71. The van der Waals surface area contributed by atoms with Gasteiger partial charge in [0.25, 0.3) is 0 Å². The molecule has 0 radical (unpaired) electrons. The third-order valence-electron chi connectivity index (χ3n) is 0.391. The van der Waals surface area contributed by atoms with E-state index in [0.29, 0.717) is 0 Å². The van der Waals surface area contributed by atoms with Crippen LogP contribution in [0.2, 0.25) is 0 Å². The molecular formula is C4H12ClNS. The lowest BCUT2D eigenvalue weighted by molar-refractivity contribution is 1.03. The summed E-state index contributed by atoms with van der Waals surface area (Å²) >= 11 is 1.76. The molecule has 0 fully saturated rings. The molecule has 0 spiro atoms. The minimum Gasteiger partial charge on any atom is -0.264 e. The molecule has 0 saturated heterocycles. The van der Waals surface area contributed by atoms with Gasteiger partial charge in [-0.25, -0.2) is 0 Å². The maximum atomic E-state index is 3.11. The summed E-state index contributed by atoms with van der Waals surface area (Å²) in [7, 11) is 0. The summed E-state index contributed by atoms with van der Waals surface area (Å²) in [5.74, 6) is 1.16. The van der Waals surface area contributed by atoms with E-state index in [0.717, 1.165) is 12.3 Å². The van der Waals surface area contributed by atoms with Crippen molar-refractivity contribution >= 4 is 24.4 Å². The van der Waals surface area contributed by atoms with E-state index in [4.69, 9.17) is 0 Å². The second kappa shape index (κ2) is 9.78. The molecular weight excluding hydrogens is 130 g/mol. The van der Waals surface area contributed by atoms with Gasteiger partial charge in [-0.2, -0.15) is 0 Å². The molecule has 0 saturated carbocycles. The smallest absolute Gasteiger partial charge is 0.00502 e. The maximum absolute atomic E-state index is 3.11. The molecule has 0 heterocycles. The molecule has 46 valence electrons. The Bertz CT molecular complexity index is 23.7. The zero-order valence-corrected chi connectivity index (χ0v) is 6.36. The van der Waals surface area contributed by atoms with Crippen molar-refractivity contribution in [2.75, 3.05) is 12.3 Å². The Labute approximate surface area is 55.8 Å². The van der Waals surface area contributed by atoms with Gasteiger partial charge in [0, 0.05) is 12.3 Å². The van der Waals surface area contributed by atoms with E-state index in [1.165, 1.54) is 0 Å². The zero-order chi connectivity index (χ0) is 4.83. The van der Waals surface area contributed by atoms with Crippen molar-refractivity contribution in [3.8, 4) is 0 Å². The van der Waals surface area contributed by atoms with Gasteiger partial charge in [0.2, 0.25) is 0 Å². The fourth-order valence-electron chi connectivity index (χ4n) is 0.204. The fourth-order valence-corrected chi connectivity index (χ4v) is 0.612. The van der Waals surface area contributed by atoms with E-state index >= 15 is 0 Å². The van der Waals surface area contributed by atoms with Gasteiger partial charge < -0.3 is 0 Å². The van der Waals surface area contributed by atoms with Gasteiger partial charge in [-0.1, -0.05) is 25.8 Å². The molecule has 0 atom stereocenters. The van der Waals surface area contributed by atoms with E-state index in [2.05, 4.69) is 18.6 Å². The monoisotopic (exact) mass is 141 g/mol. The Morgan fingerprint density at radius 2 is 2.00 bits per heavy atom. The molecule has 1 nitrogen and oxygen atoms in total. The van der Waals surface area contributed by atoms with Crippen molar-refractivity contribution in [3.63, 3.8) is 0 Å². The molecule has 0 aliphatic rings. The number of hydrogen-bond donors (Lipinski definition) is 1. The molecule has 1 N–H and O–H groups in total. The lowest BCUT2D eigenvalue weighted by Gasteiger charge is -1.91. The summed E-state index contributed by atoms with van der Waals surface area (Å²) in [6.45, 7) is 5.30. The van der Waals surface area contributed by atoms with Crippen LogP contribution >= 0.6 is 24.4 Å². The van der Waals surface area contributed by atoms with Crippen LogP contribution in [0.3, 0.4) is 0 Å². The van der Waals surface area contributed by atoms with Crippen LogP contribution in [-0.2, 0) is 0 Å². The van der Waals surface area contributed by atoms with E-state index in [1.54, 1.807) is 11.9 Å². The molecule has 7 heavy (non-hydrogen) atoms. The summed E-state index contributed by atoms with van der Waals surface area (Å²) in [4.78, 5) is 0. The highest BCUT2D eigenvalue weighted by atomic mass is 35.5. The van der Waals surface area contributed by atoms with Crippen LogP contribution in [0, 0.1) is 0 Å². The predicted molar refractivity (Wildman–Crippen MR) is 39.1 cm³/mol. The molecule has 3 heteroatoms. The maximum Gasteiger partial charge on any atom is 0.00502 e. The van der Waals surface area contributed by atoms with Gasteiger partial charge in [0.1, 0.15) is 0 Å². The number of nitrogens with one attached hydrogen (secondary N) is 1. The van der Waals surface area contributed by atoms with Gasteiger partial charge in [-0.05, 0) is 0 Å². The first-order valence-corrected chi connectivity index (χ1v) is 3.25. The Hall–Kier alpha value is 0.600. The van der Waals surface area contributed by atoms with Gasteiger partial charge >= 0.3 is 0 Å². The molecule has 0 aromatic carbocycles. The highest BCUT2D eigenvalue weighted by Gasteiger charge is 1.71. The van der Waals surface area contributed by atoms with Crippen molar-refractivity contribution in [3.05, 3.63) is 0 Å². The molecule has 0 aliphatic heterocycles. The second-order valence-corrected chi connectivity index (χ2v) is 2.09. The van der Waals surface area contributed by atoms with E-state index < -0.39 is 0 Å². The Kier molecular flexibility index (Phi) is 14.8. The van der Waals surface area contributed by atoms with Gasteiger partial charge in [-0.3, -0.25) is 4.72 Å². The minimum atomic E-state index is 0. The standard InChI is InChI=1S/C4H11NS.ClH/c1-3-5-6-4-2;/h5H,3-4H2,1-2H3;1H. The Morgan fingerprint density at radius 1 is 1.43 bits per heavy atom. The summed E-state index contributed by atoms with van der Waals surface area (Å²) in [5.41, 5.74) is 0. The van der Waals surface area contributed by atoms with Crippen LogP contribution in [0.1, 0.15) is 13.8 Å². The second-order valence-electron chi connectivity index (χ2n) is 0.931. The molecule has 0 aliphatic carbocycles. The first kappa shape index (κ1) is 10.6. The van der Waals surface area contributed by atoms with E-state index in [9.17, 15) is 0 Å². The molecule has 0 aromatic rings. The Morgan fingerprint density at radius 3 is 2.14 bits per heavy atom. The van der Waals surface area contributed by atoms with Crippen LogP contribution in [0.25, 0.3) is 0 Å². The number of hydrogen-bond acceptors (Lipinski definition) is 2. The molecule has 0 amide bonds. The highest BCUT2D eigenvalue weighted by Crippen LogP contribution is 1.86. The highest BCUT2D eigenvalue weighted by molar-refractivity contribution is 7.97. The lowest BCUT2D eigenvalue weighted by atomic mass is 10.8. The summed E-state index contributed by atoms with van der Waals surface area (Å²) < 4.78 is 3.11. The minimum absolute atomic E-state index is 0. The van der Waals surface area contributed by atoms with Crippen LogP contribution in [0.4, 0.5) is 0 Å². The number of rotatable bonds is 3. The first-order chi connectivity index (χ1) is 2.91. The van der Waals surface area contributed by atoms with Crippen molar-refractivity contribution in [2.45, 2.75) is 13.8 Å². The van der Waals surface area contributed by atoms with E-state index in [1.807, 2.05) is 0 Å². The average Bonchev–Trinajstić information content (AvgIpc) is 1.61. The third-order valence-corrected chi connectivity index (χ3v) is 1.17. The van der Waals surface area contributed by atoms with Crippen molar-refractivity contribution in [1.29, 1.82) is 0 Å². The quantitative estimate of drug-likeness (QED) is 0.474. The largest absolute Gasteiger partial charge is 0.264 e. The first-order valence-electron chi connectivity index (χ1n) is 2.26. The predicted octanol–water partition coefficient (Wildman–Crippen LogP) is 1.69. The average molecular weight is 142 g/mol. The Balaban J connectivity index is 0. The molecule has 0 aromatic heterocycles. The third kappa shape index (κ3) is 10.8. The fraction of sp³-hybridized carbons (Fsp3) is 1.00. The summed E-state index contributed by atoms with van der Waals surface area (Å²) in [6.07, 6.45) is 0. The van der Waals surface area contributed by atoms with Crippen LogP contribution in [-0.4, -0.2) is 12.3 Å². The molecule has 0 bridgehead atoms. The van der Waals surface area contributed by atoms with Crippen molar-refractivity contribution in [2.24, 2.45) is 0 Å². The molecule has 0 unspecified atom stereocenters.